The monoisotopic (exact) mass is 253 g/mol. The normalized spacial score (nSPS) is 10.0. The highest BCUT2D eigenvalue weighted by molar-refractivity contribution is 9.08. The number of halogens is 2. The molecule has 9 heavy (non-hydrogen) atoms. The van der Waals surface area contributed by atoms with E-state index >= 15 is 0 Å². The lowest BCUT2D eigenvalue weighted by Crippen LogP contribution is -1.90. The molecule has 5 heteroatoms. The number of hydrogen-bond acceptors (Lipinski definition) is 2. The van der Waals surface area contributed by atoms with Gasteiger partial charge in [0.05, 0.1) is 17.3 Å². The van der Waals surface area contributed by atoms with Crippen molar-refractivity contribution >= 4 is 31.9 Å². The van der Waals surface area contributed by atoms with E-state index in [1.54, 1.807) is 4.68 Å². The molecule has 50 valence electrons. The Bertz CT molecular complexity index is 167. The Balaban J connectivity index is 2.74. The van der Waals surface area contributed by atoms with Gasteiger partial charge in [0.15, 0.2) is 0 Å². The molecule has 0 saturated heterocycles. The van der Waals surface area contributed by atoms with Gasteiger partial charge in [0.1, 0.15) is 0 Å². The van der Waals surface area contributed by atoms with Gasteiger partial charge in [-0.2, -0.15) is 0 Å². The summed E-state index contributed by atoms with van der Waals surface area (Å²) in [6, 6.07) is 0. The Labute approximate surface area is 69.7 Å². The van der Waals surface area contributed by atoms with E-state index in [1.807, 2.05) is 6.20 Å². The molecule has 0 aliphatic heterocycles. The van der Waals surface area contributed by atoms with Gasteiger partial charge in [0.25, 0.3) is 0 Å². The summed E-state index contributed by atoms with van der Waals surface area (Å²) in [5.41, 5.74) is 1.65. The maximum Gasteiger partial charge on any atom is 0.0977 e. The third-order valence-corrected chi connectivity index (χ3v) is 1.93. The molecular formula is C4H5Br2N3. The van der Waals surface area contributed by atoms with E-state index in [0.717, 1.165) is 11.0 Å². The first-order valence-electron chi connectivity index (χ1n) is 2.37. The maximum atomic E-state index is 3.84. The van der Waals surface area contributed by atoms with E-state index in [9.17, 15) is 0 Å². The van der Waals surface area contributed by atoms with Crippen LogP contribution >= 0.6 is 31.9 Å². The van der Waals surface area contributed by atoms with Crippen LogP contribution in [0.25, 0.3) is 0 Å². The highest BCUT2D eigenvalue weighted by Crippen LogP contribution is 1.99. The van der Waals surface area contributed by atoms with Gasteiger partial charge in [-0.1, -0.05) is 37.1 Å². The van der Waals surface area contributed by atoms with Gasteiger partial charge < -0.3 is 0 Å². The van der Waals surface area contributed by atoms with Crippen molar-refractivity contribution in [1.82, 2.24) is 15.0 Å². The molecule has 0 bridgehead atoms. The summed E-state index contributed by atoms with van der Waals surface area (Å²) in [7, 11) is 0. The van der Waals surface area contributed by atoms with Crippen molar-refractivity contribution < 1.29 is 0 Å². The predicted octanol–water partition coefficient (Wildman–Crippen LogP) is 1.53. The molecule has 1 aromatic heterocycles. The van der Waals surface area contributed by atoms with Crippen LogP contribution in [0.1, 0.15) is 5.69 Å². The van der Waals surface area contributed by atoms with Gasteiger partial charge in [0, 0.05) is 5.33 Å². The van der Waals surface area contributed by atoms with Crippen molar-refractivity contribution in [3.05, 3.63) is 11.9 Å². The van der Waals surface area contributed by atoms with Gasteiger partial charge in [-0.25, -0.2) is 4.68 Å². The van der Waals surface area contributed by atoms with Crippen LogP contribution in [0, 0.1) is 0 Å². The van der Waals surface area contributed by atoms with Crippen molar-refractivity contribution in [1.29, 1.82) is 0 Å². The van der Waals surface area contributed by atoms with E-state index < -0.39 is 0 Å². The first kappa shape index (κ1) is 7.21. The van der Waals surface area contributed by atoms with Crippen LogP contribution in [0.4, 0.5) is 0 Å². The number of hydrogen-bond donors (Lipinski definition) is 0. The smallest absolute Gasteiger partial charge is 0.0977 e. The highest BCUT2D eigenvalue weighted by atomic mass is 79.9. The predicted molar refractivity (Wildman–Crippen MR) is 41.6 cm³/mol. The van der Waals surface area contributed by atoms with Crippen molar-refractivity contribution in [3.8, 4) is 0 Å². The number of rotatable bonds is 2. The summed E-state index contributed by atoms with van der Waals surface area (Å²) in [6.07, 6.45) is 1.88. The highest BCUT2D eigenvalue weighted by Gasteiger charge is 1.94. The molecule has 0 amide bonds. The third-order valence-electron chi connectivity index (χ3n) is 0.845. The fourth-order valence-corrected chi connectivity index (χ4v) is 0.960. The minimum Gasteiger partial charge on any atom is -0.242 e. The second-order valence-electron chi connectivity index (χ2n) is 1.50. The van der Waals surface area contributed by atoms with Crippen LogP contribution in [0.2, 0.25) is 0 Å². The molecule has 0 aliphatic rings. The topological polar surface area (TPSA) is 30.7 Å². The average Bonchev–Trinajstić information content (AvgIpc) is 2.34. The summed E-state index contributed by atoms with van der Waals surface area (Å²) in [5.74, 6) is 0. The number of aromatic nitrogens is 3. The molecule has 0 aliphatic carbocycles. The molecule has 1 heterocycles. The van der Waals surface area contributed by atoms with E-state index in [4.69, 9.17) is 0 Å². The molecule has 1 aromatic rings. The first-order valence-corrected chi connectivity index (χ1v) is 4.62. The van der Waals surface area contributed by atoms with Crippen LogP contribution in [0.15, 0.2) is 6.20 Å². The van der Waals surface area contributed by atoms with Crippen molar-refractivity contribution in [2.24, 2.45) is 0 Å². The summed E-state index contributed by atoms with van der Waals surface area (Å²) in [5, 5.41) is 8.40. The molecule has 1 rings (SSSR count). The molecule has 0 atom stereocenters. The van der Waals surface area contributed by atoms with Crippen molar-refractivity contribution in [2.45, 2.75) is 10.8 Å². The summed E-state index contributed by atoms with van der Waals surface area (Å²) >= 11 is 6.51. The van der Waals surface area contributed by atoms with Gasteiger partial charge in [0.2, 0.25) is 0 Å². The molecule has 0 saturated carbocycles. The Morgan fingerprint density at radius 3 is 2.67 bits per heavy atom. The molecule has 0 radical (unpaired) electrons. The largest absolute Gasteiger partial charge is 0.242 e. The molecular weight excluding hydrogens is 250 g/mol. The molecule has 0 fully saturated rings. The van der Waals surface area contributed by atoms with Crippen LogP contribution in [0.5, 0.6) is 0 Å². The lowest BCUT2D eigenvalue weighted by atomic mass is 10.6. The number of alkyl halides is 2. The zero-order chi connectivity index (χ0) is 6.69. The standard InChI is InChI=1S/C4H5Br2N3/c5-1-4-2-9(3-6)8-7-4/h2H,1,3H2. The van der Waals surface area contributed by atoms with E-state index in [-0.39, 0.29) is 0 Å². The second-order valence-corrected chi connectivity index (χ2v) is 2.56. The summed E-state index contributed by atoms with van der Waals surface area (Å²) < 4.78 is 1.72. The third kappa shape index (κ3) is 1.76. The van der Waals surface area contributed by atoms with Crippen LogP contribution in [0.3, 0.4) is 0 Å². The first-order chi connectivity index (χ1) is 4.36. The minimum atomic E-state index is 0.701. The van der Waals surface area contributed by atoms with E-state index in [1.165, 1.54) is 0 Å². The van der Waals surface area contributed by atoms with Crippen molar-refractivity contribution in [2.75, 3.05) is 0 Å². The van der Waals surface area contributed by atoms with Gasteiger partial charge >= 0.3 is 0 Å². The van der Waals surface area contributed by atoms with Crippen LogP contribution in [-0.2, 0) is 10.8 Å². The van der Waals surface area contributed by atoms with Crippen LogP contribution in [-0.4, -0.2) is 15.0 Å². The molecule has 0 N–H and O–H groups in total. The Morgan fingerprint density at radius 1 is 1.56 bits per heavy atom. The Kier molecular flexibility index (Phi) is 2.65. The molecule has 0 spiro atoms. The fraction of sp³-hybridized carbons (Fsp3) is 0.500. The summed E-state index contributed by atoms with van der Waals surface area (Å²) in [6.45, 7) is 0. The van der Waals surface area contributed by atoms with Gasteiger partial charge in [-0.05, 0) is 0 Å². The Hall–Kier alpha value is 0.1000. The van der Waals surface area contributed by atoms with E-state index in [2.05, 4.69) is 42.2 Å². The van der Waals surface area contributed by atoms with Gasteiger partial charge in [-0.15, -0.1) is 5.10 Å². The van der Waals surface area contributed by atoms with Crippen LogP contribution < -0.4 is 0 Å². The zero-order valence-electron chi connectivity index (χ0n) is 4.59. The fourth-order valence-electron chi connectivity index (χ4n) is 0.458. The number of nitrogens with zero attached hydrogens (tertiary/aromatic N) is 3. The van der Waals surface area contributed by atoms with Gasteiger partial charge in [-0.3, -0.25) is 0 Å². The lowest BCUT2D eigenvalue weighted by molar-refractivity contribution is 0.707. The quantitative estimate of drug-likeness (QED) is 0.750. The van der Waals surface area contributed by atoms with Crippen molar-refractivity contribution in [3.63, 3.8) is 0 Å². The zero-order valence-corrected chi connectivity index (χ0v) is 7.76. The molecule has 0 unspecified atom stereocenters. The Morgan fingerprint density at radius 2 is 2.33 bits per heavy atom. The lowest BCUT2D eigenvalue weighted by Gasteiger charge is -1.84. The average molecular weight is 255 g/mol. The minimum absolute atomic E-state index is 0.701. The molecule has 3 nitrogen and oxygen atoms in total. The second kappa shape index (κ2) is 3.31. The molecule has 0 aromatic carbocycles. The maximum absolute atomic E-state index is 3.84. The summed E-state index contributed by atoms with van der Waals surface area (Å²) in [4.78, 5) is 0. The van der Waals surface area contributed by atoms with E-state index in [0.29, 0.717) is 5.45 Å². The SMILES string of the molecule is BrCc1cn(CBr)nn1.